The fraction of sp³-hybridized carbons (Fsp3) is 0.163. The van der Waals surface area contributed by atoms with Gasteiger partial charge in [0, 0.05) is 28.8 Å². The molecule has 246 valence electrons. The minimum Gasteiger partial charge on any atom is -0.486 e. The van der Waals surface area contributed by atoms with E-state index < -0.39 is 0 Å². The highest BCUT2D eigenvalue weighted by atomic mass is 16.5. The molecule has 2 aromatic heterocycles. The van der Waals surface area contributed by atoms with E-state index in [1.807, 2.05) is 109 Å². The average molecular weight is 649 g/mol. The zero-order chi connectivity index (χ0) is 34.0. The lowest BCUT2D eigenvalue weighted by molar-refractivity contribution is 0.249. The van der Waals surface area contributed by atoms with Crippen molar-refractivity contribution in [3.8, 4) is 51.1 Å². The summed E-state index contributed by atoms with van der Waals surface area (Å²) >= 11 is 0. The Morgan fingerprint density at radius 3 is 1.73 bits per heavy atom. The fourth-order valence-corrected chi connectivity index (χ4v) is 5.15. The van der Waals surface area contributed by atoms with Crippen molar-refractivity contribution in [2.24, 2.45) is 0 Å². The van der Waals surface area contributed by atoms with Crippen molar-refractivity contribution in [2.45, 2.75) is 46.1 Å². The van der Waals surface area contributed by atoms with E-state index in [-0.39, 0.29) is 0 Å². The first-order valence-electron chi connectivity index (χ1n) is 16.6. The van der Waals surface area contributed by atoms with Crippen molar-refractivity contribution in [3.63, 3.8) is 0 Å². The molecule has 6 heteroatoms. The van der Waals surface area contributed by atoms with Gasteiger partial charge in [-0.2, -0.15) is 0 Å². The minimum atomic E-state index is 0.328. The topological polar surface area (TPSA) is 70.5 Å². The Kier molecular flexibility index (Phi) is 10.7. The lowest BCUT2D eigenvalue weighted by Gasteiger charge is -2.07. The standard InChI is InChI=1S/C25H23NO3.C18H17NO/c1-18(2)19-11-13-21(14-12-19)27-17-24-16-25(26-29-24)20-7-6-10-23(15-20)28-22-8-4-3-5-9-22;1-13(2)14-8-10-16(11-9-14)18-12-17(19-20-18)15-6-4-3-5-7-15/h3-16,18H,17H2,1-2H3;3-13H,1-2H3. The van der Waals surface area contributed by atoms with Crippen molar-refractivity contribution >= 4 is 0 Å². The van der Waals surface area contributed by atoms with Gasteiger partial charge in [0.2, 0.25) is 0 Å². The van der Waals surface area contributed by atoms with Crippen molar-refractivity contribution in [1.29, 1.82) is 0 Å². The highest BCUT2D eigenvalue weighted by molar-refractivity contribution is 5.67. The van der Waals surface area contributed by atoms with Gasteiger partial charge in [0.15, 0.2) is 11.5 Å². The van der Waals surface area contributed by atoms with E-state index in [2.05, 4.69) is 74.4 Å². The maximum atomic E-state index is 5.90. The van der Waals surface area contributed by atoms with Crippen LogP contribution in [0.1, 0.15) is 56.4 Å². The molecule has 0 fully saturated rings. The van der Waals surface area contributed by atoms with Gasteiger partial charge in [0.25, 0.3) is 0 Å². The largest absolute Gasteiger partial charge is 0.486 e. The molecular weight excluding hydrogens is 608 g/mol. The molecule has 0 bridgehead atoms. The van der Waals surface area contributed by atoms with Crippen LogP contribution in [0, 0.1) is 0 Å². The molecule has 5 aromatic carbocycles. The number of aromatic nitrogens is 2. The summed E-state index contributed by atoms with van der Waals surface area (Å²) in [4.78, 5) is 0. The second-order valence-electron chi connectivity index (χ2n) is 12.4. The first-order chi connectivity index (χ1) is 23.9. The summed E-state index contributed by atoms with van der Waals surface area (Å²) in [5.74, 6) is 4.87. The third kappa shape index (κ3) is 8.93. The molecule has 0 saturated heterocycles. The zero-order valence-electron chi connectivity index (χ0n) is 28.2. The summed E-state index contributed by atoms with van der Waals surface area (Å²) in [6, 6.07) is 48.0. The molecule has 0 amide bonds. The predicted octanol–water partition coefficient (Wildman–Crippen LogP) is 12.0. The molecule has 49 heavy (non-hydrogen) atoms. The van der Waals surface area contributed by atoms with E-state index >= 15 is 0 Å². The van der Waals surface area contributed by atoms with Gasteiger partial charge >= 0.3 is 0 Å². The van der Waals surface area contributed by atoms with Crippen LogP contribution in [-0.4, -0.2) is 10.3 Å². The number of benzene rings is 5. The quantitative estimate of drug-likeness (QED) is 0.147. The molecule has 0 saturated carbocycles. The van der Waals surface area contributed by atoms with Gasteiger partial charge in [-0.1, -0.05) is 135 Å². The summed E-state index contributed by atoms with van der Waals surface area (Å²) in [5, 5.41) is 8.32. The maximum absolute atomic E-state index is 5.90. The van der Waals surface area contributed by atoms with Crippen molar-refractivity contribution in [1.82, 2.24) is 10.3 Å². The van der Waals surface area contributed by atoms with Gasteiger partial charge in [0.05, 0.1) is 0 Å². The molecule has 0 aliphatic carbocycles. The Bertz CT molecular complexity index is 2030. The van der Waals surface area contributed by atoms with Crippen LogP contribution in [-0.2, 0) is 6.61 Å². The Labute approximate surface area is 287 Å². The molecule has 0 aliphatic rings. The summed E-state index contributed by atoms with van der Waals surface area (Å²) in [5.41, 5.74) is 7.29. The lowest BCUT2D eigenvalue weighted by atomic mass is 10.0. The molecule has 7 rings (SSSR count). The van der Waals surface area contributed by atoms with Crippen LogP contribution in [0.3, 0.4) is 0 Å². The smallest absolute Gasteiger partial charge is 0.174 e. The van der Waals surface area contributed by atoms with Gasteiger partial charge < -0.3 is 18.5 Å². The third-order valence-corrected chi connectivity index (χ3v) is 8.04. The van der Waals surface area contributed by atoms with Crippen LogP contribution in [0.15, 0.2) is 155 Å². The first kappa shape index (κ1) is 33.0. The van der Waals surface area contributed by atoms with Gasteiger partial charge in [-0.25, -0.2) is 0 Å². The van der Waals surface area contributed by atoms with E-state index in [0.29, 0.717) is 24.2 Å². The second-order valence-corrected chi connectivity index (χ2v) is 12.4. The number of para-hydroxylation sites is 1. The van der Waals surface area contributed by atoms with Gasteiger partial charge in [-0.05, 0) is 59.4 Å². The minimum absolute atomic E-state index is 0.328. The Morgan fingerprint density at radius 2 is 1.06 bits per heavy atom. The fourth-order valence-electron chi connectivity index (χ4n) is 5.15. The number of hydrogen-bond acceptors (Lipinski definition) is 6. The van der Waals surface area contributed by atoms with Crippen molar-refractivity contribution in [2.75, 3.05) is 0 Å². The summed E-state index contributed by atoms with van der Waals surface area (Å²) < 4.78 is 22.6. The molecule has 0 spiro atoms. The van der Waals surface area contributed by atoms with Crippen LogP contribution < -0.4 is 9.47 Å². The highest BCUT2D eigenvalue weighted by Gasteiger charge is 2.11. The van der Waals surface area contributed by atoms with E-state index in [4.69, 9.17) is 18.5 Å². The molecular formula is C43H40N2O4. The number of hydrogen-bond donors (Lipinski definition) is 0. The van der Waals surface area contributed by atoms with E-state index in [0.717, 1.165) is 51.1 Å². The normalized spacial score (nSPS) is 10.9. The molecule has 0 radical (unpaired) electrons. The zero-order valence-corrected chi connectivity index (χ0v) is 28.2. The third-order valence-electron chi connectivity index (χ3n) is 8.04. The lowest BCUT2D eigenvalue weighted by Crippen LogP contribution is -1.94. The molecule has 0 unspecified atom stereocenters. The second kappa shape index (κ2) is 15.8. The van der Waals surface area contributed by atoms with Crippen LogP contribution in [0.4, 0.5) is 0 Å². The Balaban J connectivity index is 0.000000182. The molecule has 0 atom stereocenters. The Hall–Kier alpha value is -5.88. The van der Waals surface area contributed by atoms with Crippen LogP contribution >= 0.6 is 0 Å². The molecule has 6 nitrogen and oxygen atoms in total. The first-order valence-corrected chi connectivity index (χ1v) is 16.6. The predicted molar refractivity (Wildman–Crippen MR) is 195 cm³/mol. The molecule has 2 heterocycles. The van der Waals surface area contributed by atoms with E-state index in [1.54, 1.807) is 0 Å². The molecule has 7 aromatic rings. The number of ether oxygens (including phenoxy) is 2. The summed E-state index contributed by atoms with van der Waals surface area (Å²) in [6.07, 6.45) is 0. The average Bonchev–Trinajstić information content (AvgIpc) is 3.83. The van der Waals surface area contributed by atoms with Crippen LogP contribution in [0.2, 0.25) is 0 Å². The van der Waals surface area contributed by atoms with Crippen molar-refractivity contribution < 1.29 is 18.5 Å². The van der Waals surface area contributed by atoms with Gasteiger partial charge in [-0.3, -0.25) is 0 Å². The maximum Gasteiger partial charge on any atom is 0.174 e. The van der Waals surface area contributed by atoms with Gasteiger partial charge in [-0.15, -0.1) is 0 Å². The monoisotopic (exact) mass is 648 g/mol. The van der Waals surface area contributed by atoms with Gasteiger partial charge in [0.1, 0.15) is 35.2 Å². The number of rotatable bonds is 10. The summed E-state index contributed by atoms with van der Waals surface area (Å²) in [6.45, 7) is 9.06. The van der Waals surface area contributed by atoms with E-state index in [1.165, 1.54) is 11.1 Å². The van der Waals surface area contributed by atoms with Crippen LogP contribution in [0.5, 0.6) is 17.2 Å². The highest BCUT2D eigenvalue weighted by Crippen LogP contribution is 2.29. The molecule has 0 aliphatic heterocycles. The van der Waals surface area contributed by atoms with Crippen molar-refractivity contribution in [3.05, 3.63) is 162 Å². The Morgan fingerprint density at radius 1 is 0.490 bits per heavy atom. The SMILES string of the molecule is CC(C)c1ccc(-c2cc(-c3ccccc3)no2)cc1.CC(C)c1ccc(OCc2cc(-c3cccc(Oc4ccccc4)c3)no2)cc1. The molecule has 0 N–H and O–H groups in total. The van der Waals surface area contributed by atoms with Crippen LogP contribution in [0.25, 0.3) is 33.8 Å². The van der Waals surface area contributed by atoms with E-state index in [9.17, 15) is 0 Å². The summed E-state index contributed by atoms with van der Waals surface area (Å²) in [7, 11) is 0. The number of nitrogens with zero attached hydrogens (tertiary/aromatic N) is 2.